The number of nitrogens with zero attached hydrogens (tertiary/aromatic N) is 3. The molecule has 1 aromatic heterocycles. The second kappa shape index (κ2) is 5.72. The quantitative estimate of drug-likeness (QED) is 0.513. The summed E-state index contributed by atoms with van der Waals surface area (Å²) in [6.07, 6.45) is 1.37. The number of carbonyl (C=O) groups is 1. The van der Waals surface area contributed by atoms with Crippen LogP contribution in [0.25, 0.3) is 0 Å². The maximum Gasteiger partial charge on any atom is 0.348 e. The molecule has 2 heterocycles. The van der Waals surface area contributed by atoms with Gasteiger partial charge in [-0.2, -0.15) is 0 Å². The van der Waals surface area contributed by atoms with Gasteiger partial charge in [0.25, 0.3) is 0 Å². The lowest BCUT2D eigenvalue weighted by Crippen LogP contribution is -2.35. The van der Waals surface area contributed by atoms with Crippen molar-refractivity contribution >= 4 is 34.6 Å². The highest BCUT2D eigenvalue weighted by Gasteiger charge is 2.32. The molecule has 124 valence electrons. The number of carbonyl (C=O) groups excluding carboxylic acids is 1. The molecule has 2 aromatic rings. The minimum atomic E-state index is -0.667. The Bertz CT molecular complexity index is 853. The van der Waals surface area contributed by atoms with Crippen molar-refractivity contribution in [1.82, 2.24) is 9.97 Å². The summed E-state index contributed by atoms with van der Waals surface area (Å²) in [5.41, 5.74) is -0.108. The van der Waals surface area contributed by atoms with Crippen LogP contribution in [-0.2, 0) is 0 Å². The van der Waals surface area contributed by atoms with E-state index in [4.69, 9.17) is 16.3 Å². The smallest absolute Gasteiger partial charge is 0.348 e. The maximum absolute atomic E-state index is 12.3. The minimum absolute atomic E-state index is 0.0514. The minimum Gasteiger partial charge on any atom is -0.487 e. The average Bonchev–Trinajstić information content (AvgIpc) is 2.46. The van der Waals surface area contributed by atoms with Crippen LogP contribution < -0.4 is 10.1 Å². The number of aromatic nitrogens is 2. The Hall–Kier alpha value is -2.74. The zero-order valence-corrected chi connectivity index (χ0v) is 13.6. The molecule has 0 bridgehead atoms. The highest BCUT2D eigenvalue weighted by Crippen LogP contribution is 2.36. The zero-order chi connectivity index (χ0) is 17.5. The van der Waals surface area contributed by atoms with Crippen LogP contribution >= 0.6 is 11.6 Å². The molecule has 0 spiro atoms. The van der Waals surface area contributed by atoms with Gasteiger partial charge in [-0.15, -0.1) is 0 Å². The standard InChI is InChI=1S/C15H13ClN4O4/c1-15(2)6-10(21)9-5-8(3-4-11(9)24-15)19-14-12(20(22)23)13(16)17-7-18-14/h3-5,7H,6H2,1-2H3,(H,17,18,19). The van der Waals surface area contributed by atoms with Gasteiger partial charge in [0.05, 0.1) is 16.9 Å². The monoisotopic (exact) mass is 348 g/mol. The fourth-order valence-electron chi connectivity index (χ4n) is 2.48. The van der Waals surface area contributed by atoms with Gasteiger partial charge >= 0.3 is 5.69 Å². The first-order valence-electron chi connectivity index (χ1n) is 7.05. The summed E-state index contributed by atoms with van der Waals surface area (Å²) >= 11 is 5.75. The van der Waals surface area contributed by atoms with E-state index in [1.54, 1.807) is 18.2 Å². The normalized spacial score (nSPS) is 15.4. The van der Waals surface area contributed by atoms with E-state index in [1.165, 1.54) is 0 Å². The molecule has 9 heteroatoms. The van der Waals surface area contributed by atoms with Gasteiger partial charge in [-0.3, -0.25) is 14.9 Å². The number of fused-ring (bicyclic) bond motifs is 1. The van der Waals surface area contributed by atoms with Crippen LogP contribution in [0.5, 0.6) is 5.75 Å². The Kier molecular flexibility index (Phi) is 3.84. The molecule has 3 rings (SSSR count). The second-order valence-corrected chi connectivity index (χ2v) is 6.27. The summed E-state index contributed by atoms with van der Waals surface area (Å²) in [4.78, 5) is 30.2. The molecule has 8 nitrogen and oxygen atoms in total. The molecule has 0 saturated heterocycles. The number of rotatable bonds is 3. The summed E-state index contributed by atoms with van der Waals surface area (Å²) in [5.74, 6) is 0.376. The van der Waals surface area contributed by atoms with Crippen LogP contribution in [0.3, 0.4) is 0 Å². The van der Waals surface area contributed by atoms with Crippen molar-refractivity contribution in [2.45, 2.75) is 25.9 Å². The lowest BCUT2D eigenvalue weighted by Gasteiger charge is -2.31. The van der Waals surface area contributed by atoms with E-state index in [0.29, 0.717) is 17.0 Å². The van der Waals surface area contributed by atoms with Gasteiger partial charge in [0.1, 0.15) is 17.7 Å². The number of nitrogens with one attached hydrogen (secondary N) is 1. The molecule has 24 heavy (non-hydrogen) atoms. The van der Waals surface area contributed by atoms with E-state index < -0.39 is 16.2 Å². The van der Waals surface area contributed by atoms with E-state index in [9.17, 15) is 14.9 Å². The van der Waals surface area contributed by atoms with Crippen molar-refractivity contribution in [1.29, 1.82) is 0 Å². The number of hydrogen-bond acceptors (Lipinski definition) is 7. The first-order chi connectivity index (χ1) is 11.3. The first kappa shape index (κ1) is 16.1. The number of ether oxygens (including phenoxy) is 1. The van der Waals surface area contributed by atoms with Gasteiger partial charge in [-0.25, -0.2) is 9.97 Å². The number of nitro groups is 1. The molecule has 0 atom stereocenters. The number of benzene rings is 1. The van der Waals surface area contributed by atoms with Crippen molar-refractivity contribution < 1.29 is 14.5 Å². The third-order valence-corrected chi connectivity index (χ3v) is 3.75. The average molecular weight is 349 g/mol. The Morgan fingerprint density at radius 3 is 2.83 bits per heavy atom. The molecule has 0 radical (unpaired) electrons. The lowest BCUT2D eigenvalue weighted by molar-refractivity contribution is -0.384. The van der Waals surface area contributed by atoms with Gasteiger partial charge in [0.2, 0.25) is 11.0 Å². The summed E-state index contributed by atoms with van der Waals surface area (Å²) in [5, 5.41) is 13.7. The number of ketones is 1. The SMILES string of the molecule is CC1(C)CC(=O)c2cc(Nc3ncnc(Cl)c3[N+](=O)[O-])ccc2O1. The van der Waals surface area contributed by atoms with Crippen LogP contribution in [0.1, 0.15) is 30.6 Å². The van der Waals surface area contributed by atoms with E-state index in [0.717, 1.165) is 6.33 Å². The summed E-state index contributed by atoms with van der Waals surface area (Å²) in [6.45, 7) is 3.68. The Morgan fingerprint density at radius 1 is 1.38 bits per heavy atom. The van der Waals surface area contributed by atoms with Gasteiger partial charge < -0.3 is 10.1 Å². The predicted octanol–water partition coefficient (Wildman–Crippen LogP) is 3.53. The molecule has 1 aliphatic rings. The van der Waals surface area contributed by atoms with Gasteiger partial charge in [-0.05, 0) is 32.0 Å². The van der Waals surface area contributed by atoms with E-state index >= 15 is 0 Å². The van der Waals surface area contributed by atoms with Crippen molar-refractivity contribution in [2.75, 3.05) is 5.32 Å². The van der Waals surface area contributed by atoms with Crippen molar-refractivity contribution in [3.05, 3.63) is 45.4 Å². The molecule has 0 unspecified atom stereocenters. The number of hydrogen-bond donors (Lipinski definition) is 1. The topological polar surface area (TPSA) is 107 Å². The van der Waals surface area contributed by atoms with Crippen molar-refractivity contribution in [2.24, 2.45) is 0 Å². The lowest BCUT2D eigenvalue weighted by atomic mass is 9.93. The molecular weight excluding hydrogens is 336 g/mol. The second-order valence-electron chi connectivity index (χ2n) is 5.92. The van der Waals surface area contributed by atoms with Crippen LogP contribution in [0.2, 0.25) is 5.15 Å². The number of halogens is 1. The fraction of sp³-hybridized carbons (Fsp3) is 0.267. The molecular formula is C15H13ClN4O4. The Labute approximate surface area is 142 Å². The highest BCUT2D eigenvalue weighted by atomic mass is 35.5. The molecule has 0 aliphatic carbocycles. The van der Waals surface area contributed by atoms with Crippen LogP contribution in [0.4, 0.5) is 17.2 Å². The summed E-state index contributed by atoms with van der Waals surface area (Å²) < 4.78 is 5.77. The molecule has 1 N–H and O–H groups in total. The molecule has 1 aliphatic heterocycles. The maximum atomic E-state index is 12.3. The van der Waals surface area contributed by atoms with Gasteiger partial charge in [0, 0.05) is 5.69 Å². The predicted molar refractivity (Wildman–Crippen MR) is 87.1 cm³/mol. The van der Waals surface area contributed by atoms with E-state index in [-0.39, 0.29) is 23.2 Å². The van der Waals surface area contributed by atoms with E-state index in [2.05, 4.69) is 15.3 Å². The summed E-state index contributed by atoms with van der Waals surface area (Å²) in [7, 11) is 0. The molecule has 0 saturated carbocycles. The van der Waals surface area contributed by atoms with Gasteiger partial charge in [0.15, 0.2) is 5.78 Å². The highest BCUT2D eigenvalue weighted by molar-refractivity contribution is 6.31. The first-order valence-corrected chi connectivity index (χ1v) is 7.43. The van der Waals surface area contributed by atoms with Crippen molar-refractivity contribution in [3.63, 3.8) is 0 Å². The van der Waals surface area contributed by atoms with Crippen LogP contribution in [-0.4, -0.2) is 26.3 Å². The van der Waals surface area contributed by atoms with Crippen LogP contribution in [0, 0.1) is 10.1 Å². The molecule has 0 fully saturated rings. The zero-order valence-electron chi connectivity index (χ0n) is 12.9. The third-order valence-electron chi connectivity index (χ3n) is 3.48. The third kappa shape index (κ3) is 3.00. The summed E-state index contributed by atoms with van der Waals surface area (Å²) in [6, 6.07) is 4.87. The van der Waals surface area contributed by atoms with Crippen molar-refractivity contribution in [3.8, 4) is 5.75 Å². The molecule has 1 aromatic carbocycles. The van der Waals surface area contributed by atoms with Gasteiger partial charge in [-0.1, -0.05) is 11.6 Å². The molecule has 0 amide bonds. The van der Waals surface area contributed by atoms with E-state index in [1.807, 2.05) is 13.8 Å². The van der Waals surface area contributed by atoms with Crippen LogP contribution in [0.15, 0.2) is 24.5 Å². The Morgan fingerprint density at radius 2 is 2.12 bits per heavy atom. The number of anilines is 2. The number of Topliss-reactive ketones (excluding diaryl/α,β-unsaturated/α-hetero) is 1. The fourth-order valence-corrected chi connectivity index (χ4v) is 2.68. The Balaban J connectivity index is 1.97. The largest absolute Gasteiger partial charge is 0.487 e.